The molecule has 1 aromatic heterocycles. The van der Waals surface area contributed by atoms with Gasteiger partial charge in [0, 0.05) is 19.3 Å². The van der Waals surface area contributed by atoms with Crippen LogP contribution in [0.25, 0.3) is 6.08 Å². The standard InChI is InChI=1S/C12H13N5O3/c18-10-9(15-12(19)16-10)7-8-1-2-13-11(14-8)17-3-5-20-6-4-17/h1-2,7H,3-6H2,(H2,15,16,18,19). The van der Waals surface area contributed by atoms with Crippen LogP contribution < -0.4 is 15.5 Å². The molecule has 0 saturated carbocycles. The Labute approximate surface area is 114 Å². The number of rotatable bonds is 2. The molecule has 2 N–H and O–H groups in total. The van der Waals surface area contributed by atoms with Gasteiger partial charge in [0.15, 0.2) is 0 Å². The molecule has 2 fully saturated rings. The van der Waals surface area contributed by atoms with Crippen LogP contribution in [-0.4, -0.2) is 48.2 Å². The summed E-state index contributed by atoms with van der Waals surface area (Å²) in [5.41, 5.74) is 0.746. The molecule has 0 bridgehead atoms. The summed E-state index contributed by atoms with van der Waals surface area (Å²) < 4.78 is 5.28. The maximum atomic E-state index is 11.4. The fourth-order valence-electron chi connectivity index (χ4n) is 1.99. The molecule has 2 aliphatic heterocycles. The van der Waals surface area contributed by atoms with E-state index in [1.807, 2.05) is 4.90 Å². The number of hydrogen-bond acceptors (Lipinski definition) is 6. The summed E-state index contributed by atoms with van der Waals surface area (Å²) in [6.07, 6.45) is 3.14. The molecule has 0 radical (unpaired) electrons. The van der Waals surface area contributed by atoms with E-state index >= 15 is 0 Å². The lowest BCUT2D eigenvalue weighted by Gasteiger charge is -2.26. The summed E-state index contributed by atoms with van der Waals surface area (Å²) in [6.45, 7) is 2.76. The number of nitrogens with one attached hydrogen (secondary N) is 2. The van der Waals surface area contributed by atoms with E-state index in [0.29, 0.717) is 24.9 Å². The van der Waals surface area contributed by atoms with E-state index in [2.05, 4.69) is 20.6 Å². The summed E-state index contributed by atoms with van der Waals surface area (Å²) in [6, 6.07) is 1.15. The Kier molecular flexibility index (Phi) is 3.30. The van der Waals surface area contributed by atoms with Gasteiger partial charge in [0.1, 0.15) is 5.70 Å². The van der Waals surface area contributed by atoms with Crippen LogP contribution in [0.15, 0.2) is 18.0 Å². The number of carbonyl (C=O) groups excluding carboxylic acids is 2. The second kappa shape index (κ2) is 5.25. The molecule has 8 nitrogen and oxygen atoms in total. The van der Waals surface area contributed by atoms with Crippen LogP contribution in [0, 0.1) is 0 Å². The Morgan fingerprint density at radius 1 is 1.25 bits per heavy atom. The van der Waals surface area contributed by atoms with E-state index in [-0.39, 0.29) is 5.70 Å². The molecule has 104 valence electrons. The van der Waals surface area contributed by atoms with Crippen molar-refractivity contribution in [3.63, 3.8) is 0 Å². The largest absolute Gasteiger partial charge is 0.378 e. The number of urea groups is 1. The zero-order chi connectivity index (χ0) is 13.9. The van der Waals surface area contributed by atoms with Gasteiger partial charge in [0.2, 0.25) is 5.95 Å². The molecule has 2 aliphatic rings. The fourth-order valence-corrected chi connectivity index (χ4v) is 1.99. The first-order chi connectivity index (χ1) is 9.72. The van der Waals surface area contributed by atoms with Gasteiger partial charge in [-0.15, -0.1) is 0 Å². The van der Waals surface area contributed by atoms with Crippen LogP contribution in [0.1, 0.15) is 5.69 Å². The first-order valence-corrected chi connectivity index (χ1v) is 6.22. The minimum atomic E-state index is -0.524. The molecule has 0 aromatic carbocycles. The lowest BCUT2D eigenvalue weighted by Crippen LogP contribution is -2.37. The van der Waals surface area contributed by atoms with Gasteiger partial charge in [-0.05, 0) is 12.1 Å². The first-order valence-electron chi connectivity index (χ1n) is 6.22. The number of anilines is 1. The fraction of sp³-hybridized carbons (Fsp3) is 0.333. The Balaban J connectivity index is 1.82. The Morgan fingerprint density at radius 2 is 2.05 bits per heavy atom. The predicted molar refractivity (Wildman–Crippen MR) is 69.7 cm³/mol. The second-order valence-electron chi connectivity index (χ2n) is 4.35. The van der Waals surface area contributed by atoms with Crippen molar-refractivity contribution in [2.45, 2.75) is 0 Å². The minimum Gasteiger partial charge on any atom is -0.378 e. The number of amides is 3. The third-order valence-electron chi connectivity index (χ3n) is 2.97. The van der Waals surface area contributed by atoms with Crippen molar-refractivity contribution in [1.29, 1.82) is 0 Å². The van der Waals surface area contributed by atoms with E-state index in [4.69, 9.17) is 4.74 Å². The van der Waals surface area contributed by atoms with Crippen LogP contribution in [0.3, 0.4) is 0 Å². The van der Waals surface area contributed by atoms with Crippen molar-refractivity contribution in [2.24, 2.45) is 0 Å². The molecule has 20 heavy (non-hydrogen) atoms. The monoisotopic (exact) mass is 275 g/mol. The summed E-state index contributed by atoms with van der Waals surface area (Å²) >= 11 is 0. The number of morpholine rings is 1. The van der Waals surface area contributed by atoms with E-state index in [0.717, 1.165) is 13.1 Å². The highest BCUT2D eigenvalue weighted by Gasteiger charge is 2.23. The second-order valence-corrected chi connectivity index (χ2v) is 4.35. The van der Waals surface area contributed by atoms with Gasteiger partial charge >= 0.3 is 6.03 Å². The van der Waals surface area contributed by atoms with Crippen molar-refractivity contribution in [1.82, 2.24) is 20.6 Å². The van der Waals surface area contributed by atoms with Gasteiger partial charge in [-0.1, -0.05) is 0 Å². The van der Waals surface area contributed by atoms with Gasteiger partial charge in [0.05, 0.1) is 18.9 Å². The Morgan fingerprint density at radius 3 is 2.75 bits per heavy atom. The van der Waals surface area contributed by atoms with Gasteiger partial charge < -0.3 is 15.0 Å². The summed E-state index contributed by atoms with van der Waals surface area (Å²) in [5.74, 6) is 0.133. The lowest BCUT2D eigenvalue weighted by molar-refractivity contribution is -0.115. The average molecular weight is 275 g/mol. The van der Waals surface area contributed by atoms with Crippen molar-refractivity contribution < 1.29 is 14.3 Å². The number of ether oxygens (including phenoxy) is 1. The number of nitrogens with zero attached hydrogens (tertiary/aromatic N) is 3. The summed E-state index contributed by atoms with van der Waals surface area (Å²) in [7, 11) is 0. The van der Waals surface area contributed by atoms with Gasteiger partial charge in [-0.3, -0.25) is 10.1 Å². The van der Waals surface area contributed by atoms with E-state index in [1.165, 1.54) is 6.08 Å². The van der Waals surface area contributed by atoms with Gasteiger partial charge in [-0.25, -0.2) is 14.8 Å². The zero-order valence-electron chi connectivity index (χ0n) is 10.6. The number of hydrogen-bond donors (Lipinski definition) is 2. The molecular formula is C12H13N5O3. The molecule has 0 atom stereocenters. The lowest BCUT2D eigenvalue weighted by atomic mass is 10.3. The highest BCUT2D eigenvalue weighted by molar-refractivity contribution is 6.13. The molecule has 2 saturated heterocycles. The highest BCUT2D eigenvalue weighted by Crippen LogP contribution is 2.12. The smallest absolute Gasteiger partial charge is 0.326 e. The van der Waals surface area contributed by atoms with Crippen LogP contribution in [-0.2, 0) is 9.53 Å². The highest BCUT2D eigenvalue weighted by atomic mass is 16.5. The third kappa shape index (κ3) is 2.59. The summed E-state index contributed by atoms with van der Waals surface area (Å²) in [4.78, 5) is 33.1. The Hall–Kier alpha value is -2.48. The van der Waals surface area contributed by atoms with Gasteiger partial charge in [0.25, 0.3) is 5.91 Å². The molecule has 1 aromatic rings. The van der Waals surface area contributed by atoms with E-state index in [9.17, 15) is 9.59 Å². The van der Waals surface area contributed by atoms with Crippen molar-refractivity contribution in [2.75, 3.05) is 31.2 Å². The maximum absolute atomic E-state index is 11.4. The normalized spacial score (nSPS) is 21.0. The van der Waals surface area contributed by atoms with Crippen molar-refractivity contribution in [3.05, 3.63) is 23.7 Å². The van der Waals surface area contributed by atoms with Crippen LogP contribution >= 0.6 is 0 Å². The van der Waals surface area contributed by atoms with E-state index in [1.54, 1.807) is 12.3 Å². The molecule has 0 aliphatic carbocycles. The third-order valence-corrected chi connectivity index (χ3v) is 2.97. The maximum Gasteiger partial charge on any atom is 0.326 e. The van der Waals surface area contributed by atoms with Crippen LogP contribution in [0.5, 0.6) is 0 Å². The van der Waals surface area contributed by atoms with Crippen LogP contribution in [0.4, 0.5) is 10.7 Å². The number of carbonyl (C=O) groups is 2. The molecule has 0 spiro atoms. The number of aromatic nitrogens is 2. The van der Waals surface area contributed by atoms with Crippen molar-refractivity contribution in [3.8, 4) is 0 Å². The molecule has 3 rings (SSSR count). The molecule has 3 heterocycles. The number of imide groups is 1. The SMILES string of the molecule is O=C1NC(=O)C(=Cc2ccnc(N3CCOCC3)n2)N1. The molecule has 0 unspecified atom stereocenters. The van der Waals surface area contributed by atoms with Crippen LogP contribution in [0.2, 0.25) is 0 Å². The minimum absolute atomic E-state index is 0.182. The topological polar surface area (TPSA) is 96.5 Å². The molecule has 8 heteroatoms. The van der Waals surface area contributed by atoms with Crippen molar-refractivity contribution >= 4 is 24.0 Å². The molecule has 3 amide bonds. The average Bonchev–Trinajstić information content (AvgIpc) is 2.78. The zero-order valence-corrected chi connectivity index (χ0v) is 10.6. The molecular weight excluding hydrogens is 262 g/mol. The first kappa shape index (κ1) is 12.5. The Bertz CT molecular complexity index is 580. The quantitative estimate of drug-likeness (QED) is 0.557. The van der Waals surface area contributed by atoms with E-state index < -0.39 is 11.9 Å². The predicted octanol–water partition coefficient (Wildman–Crippen LogP) is -0.507. The van der Waals surface area contributed by atoms with Gasteiger partial charge in [-0.2, -0.15) is 0 Å². The summed E-state index contributed by atoms with van der Waals surface area (Å²) in [5, 5.41) is 4.56.